The van der Waals surface area contributed by atoms with Gasteiger partial charge in [-0.2, -0.15) is 0 Å². The van der Waals surface area contributed by atoms with Crippen molar-refractivity contribution in [2.24, 2.45) is 0 Å². The zero-order chi connectivity index (χ0) is 16.7. The predicted molar refractivity (Wildman–Crippen MR) is 90.2 cm³/mol. The number of amides is 1. The third-order valence-electron chi connectivity index (χ3n) is 4.02. The van der Waals surface area contributed by atoms with E-state index >= 15 is 0 Å². The number of carbonyl (C=O) groups is 2. The maximum Gasteiger partial charge on any atom is 0.330 e. The van der Waals surface area contributed by atoms with Crippen LogP contribution in [0.15, 0.2) is 30.3 Å². The Kier molecular flexibility index (Phi) is 6.31. The van der Waals surface area contributed by atoms with Crippen molar-refractivity contribution in [2.45, 2.75) is 6.04 Å². The molecule has 1 aliphatic heterocycles. The Hall–Kier alpha value is -2.18. The first-order chi connectivity index (χ1) is 11.1. The van der Waals surface area contributed by atoms with Crippen LogP contribution in [-0.2, 0) is 14.3 Å². The van der Waals surface area contributed by atoms with Gasteiger partial charge >= 0.3 is 5.97 Å². The minimum atomic E-state index is -0.392. The monoisotopic (exact) mass is 317 g/mol. The van der Waals surface area contributed by atoms with Crippen molar-refractivity contribution in [2.75, 3.05) is 45.2 Å². The zero-order valence-corrected chi connectivity index (χ0v) is 13.6. The van der Waals surface area contributed by atoms with Crippen molar-refractivity contribution >= 4 is 24.1 Å². The Balaban J connectivity index is 2.02. The molecular weight excluding hydrogens is 294 g/mol. The molecule has 0 saturated carbocycles. The van der Waals surface area contributed by atoms with Crippen molar-refractivity contribution in [3.8, 4) is 0 Å². The number of piperazine rings is 1. The number of carbonyl (C=O) groups excluding carboxylic acids is 2. The predicted octanol–water partition coefficient (Wildman–Crippen LogP) is 0.739. The highest BCUT2D eigenvalue weighted by Crippen LogP contribution is 2.16. The lowest BCUT2D eigenvalue weighted by atomic mass is 10.1. The van der Waals surface area contributed by atoms with Gasteiger partial charge in [0.15, 0.2) is 0 Å². The van der Waals surface area contributed by atoms with E-state index in [-0.39, 0.29) is 0 Å². The molecule has 124 valence electrons. The van der Waals surface area contributed by atoms with Crippen LogP contribution in [-0.4, -0.2) is 63.7 Å². The molecule has 1 saturated heterocycles. The van der Waals surface area contributed by atoms with Gasteiger partial charge in [0, 0.05) is 44.0 Å². The largest absolute Gasteiger partial charge is 0.466 e. The van der Waals surface area contributed by atoms with Gasteiger partial charge in [0.25, 0.3) is 0 Å². The van der Waals surface area contributed by atoms with E-state index in [9.17, 15) is 9.59 Å². The van der Waals surface area contributed by atoms with Crippen LogP contribution in [0.1, 0.15) is 5.56 Å². The van der Waals surface area contributed by atoms with Gasteiger partial charge in [-0.25, -0.2) is 4.79 Å². The molecule has 6 heteroatoms. The number of rotatable bonds is 6. The topological polar surface area (TPSA) is 61.9 Å². The third-order valence-corrected chi connectivity index (χ3v) is 4.02. The lowest BCUT2D eigenvalue weighted by Gasteiger charge is -2.35. The van der Waals surface area contributed by atoms with Crippen LogP contribution >= 0.6 is 0 Å². The second kappa shape index (κ2) is 8.45. The average Bonchev–Trinajstić information content (AvgIpc) is 2.59. The minimum Gasteiger partial charge on any atom is -0.466 e. The molecule has 1 heterocycles. The Morgan fingerprint density at radius 1 is 1.43 bits per heavy atom. The maximum atomic E-state index is 11.4. The number of anilines is 1. The second-order valence-electron chi connectivity index (χ2n) is 5.54. The first kappa shape index (κ1) is 17.2. The van der Waals surface area contributed by atoms with Crippen LogP contribution in [0.5, 0.6) is 0 Å². The molecule has 1 N–H and O–H groups in total. The van der Waals surface area contributed by atoms with Gasteiger partial charge in [-0.15, -0.1) is 0 Å². The summed E-state index contributed by atoms with van der Waals surface area (Å²) in [6, 6.07) is 7.79. The van der Waals surface area contributed by atoms with Crippen LogP contribution < -0.4 is 10.2 Å². The molecule has 0 aromatic heterocycles. The van der Waals surface area contributed by atoms with Gasteiger partial charge in [0.1, 0.15) is 0 Å². The molecule has 1 unspecified atom stereocenters. The summed E-state index contributed by atoms with van der Waals surface area (Å²) in [7, 11) is 3.42. The molecular formula is C17H23N3O3. The lowest BCUT2D eigenvalue weighted by molar-refractivity contribution is -0.134. The molecule has 1 fully saturated rings. The lowest BCUT2D eigenvalue weighted by Crippen LogP contribution is -2.54. The van der Waals surface area contributed by atoms with Gasteiger partial charge in [-0.3, -0.25) is 9.69 Å². The van der Waals surface area contributed by atoms with Crippen molar-refractivity contribution in [3.05, 3.63) is 35.9 Å². The van der Waals surface area contributed by atoms with E-state index in [1.807, 2.05) is 24.3 Å². The summed E-state index contributed by atoms with van der Waals surface area (Å²) >= 11 is 0. The number of methoxy groups -OCH3 is 1. The van der Waals surface area contributed by atoms with E-state index in [0.717, 1.165) is 37.3 Å². The van der Waals surface area contributed by atoms with Crippen molar-refractivity contribution in [3.63, 3.8) is 0 Å². The van der Waals surface area contributed by atoms with Gasteiger partial charge < -0.3 is 15.0 Å². The summed E-state index contributed by atoms with van der Waals surface area (Å²) in [5.74, 6) is -0.392. The summed E-state index contributed by atoms with van der Waals surface area (Å²) in [4.78, 5) is 26.5. The number of nitrogens with one attached hydrogen (secondary N) is 1. The van der Waals surface area contributed by atoms with Gasteiger partial charge in [0.2, 0.25) is 6.41 Å². The molecule has 1 aromatic rings. The van der Waals surface area contributed by atoms with Gasteiger partial charge in [0.05, 0.1) is 7.11 Å². The van der Waals surface area contributed by atoms with E-state index in [1.54, 1.807) is 11.0 Å². The summed E-state index contributed by atoms with van der Waals surface area (Å²) in [6.07, 6.45) is 3.91. The average molecular weight is 317 g/mol. The van der Waals surface area contributed by atoms with Crippen molar-refractivity contribution in [1.82, 2.24) is 10.2 Å². The molecule has 0 bridgehead atoms. The number of hydrogen-bond acceptors (Lipinski definition) is 5. The van der Waals surface area contributed by atoms with E-state index in [0.29, 0.717) is 12.6 Å². The number of esters is 1. The highest BCUT2D eigenvalue weighted by molar-refractivity contribution is 5.87. The second-order valence-corrected chi connectivity index (χ2v) is 5.54. The van der Waals surface area contributed by atoms with Gasteiger partial charge in [-0.05, 0) is 30.8 Å². The summed E-state index contributed by atoms with van der Waals surface area (Å²) in [5.41, 5.74) is 1.72. The van der Waals surface area contributed by atoms with Crippen molar-refractivity contribution in [1.29, 1.82) is 0 Å². The van der Waals surface area contributed by atoms with Crippen molar-refractivity contribution < 1.29 is 14.3 Å². The summed E-state index contributed by atoms with van der Waals surface area (Å²) < 4.78 is 4.56. The molecule has 1 aliphatic rings. The number of benzene rings is 1. The van der Waals surface area contributed by atoms with Gasteiger partial charge in [-0.1, -0.05) is 12.1 Å². The molecule has 0 radical (unpaired) electrons. The number of ether oxygens (including phenoxy) is 1. The molecule has 1 atom stereocenters. The van der Waals surface area contributed by atoms with Crippen LogP contribution in [0.25, 0.3) is 6.08 Å². The molecule has 0 aliphatic carbocycles. The molecule has 1 aromatic carbocycles. The Labute approximate surface area is 136 Å². The Morgan fingerprint density at radius 3 is 2.78 bits per heavy atom. The number of likely N-dealkylation sites (N-methyl/N-ethyl adjacent to an activating group) is 1. The Morgan fingerprint density at radius 2 is 2.17 bits per heavy atom. The third kappa shape index (κ3) is 4.91. The molecule has 0 spiro atoms. The normalized spacial score (nSPS) is 18.8. The first-order valence-corrected chi connectivity index (χ1v) is 7.63. The fourth-order valence-corrected chi connectivity index (χ4v) is 2.51. The molecule has 6 nitrogen and oxygen atoms in total. The van der Waals surface area contributed by atoms with Crippen LogP contribution in [0.2, 0.25) is 0 Å². The van der Waals surface area contributed by atoms with Crippen LogP contribution in [0.4, 0.5) is 5.69 Å². The standard InChI is InChI=1S/C17H23N3O3/c1-19-10-9-18-11-16(19)12-20(13-21)15-6-3-14(4-7-15)5-8-17(22)23-2/h3-8,13,16,18H,9-12H2,1-2H3/b8-5+. The smallest absolute Gasteiger partial charge is 0.330 e. The van der Waals surface area contributed by atoms with Crippen LogP contribution in [0, 0.1) is 0 Å². The zero-order valence-electron chi connectivity index (χ0n) is 13.6. The number of hydrogen-bond donors (Lipinski definition) is 1. The fraction of sp³-hybridized carbons (Fsp3) is 0.412. The highest BCUT2D eigenvalue weighted by Gasteiger charge is 2.21. The minimum absolute atomic E-state index is 0.299. The SMILES string of the molecule is COC(=O)/C=C/c1ccc(N(C=O)CC2CNCCN2C)cc1. The van der Waals surface area contributed by atoms with E-state index in [4.69, 9.17) is 0 Å². The quantitative estimate of drug-likeness (QED) is 0.476. The first-order valence-electron chi connectivity index (χ1n) is 7.63. The summed E-state index contributed by atoms with van der Waals surface area (Å²) in [5, 5.41) is 3.35. The molecule has 23 heavy (non-hydrogen) atoms. The van der Waals surface area contributed by atoms with Crippen LogP contribution in [0.3, 0.4) is 0 Å². The summed E-state index contributed by atoms with van der Waals surface area (Å²) in [6.45, 7) is 3.48. The van der Waals surface area contributed by atoms with E-state index < -0.39 is 5.97 Å². The Bertz CT molecular complexity index is 557. The molecule has 2 rings (SSSR count). The van der Waals surface area contributed by atoms with E-state index in [2.05, 4.69) is 22.0 Å². The fourth-order valence-electron chi connectivity index (χ4n) is 2.51. The number of nitrogens with zero attached hydrogens (tertiary/aromatic N) is 2. The highest BCUT2D eigenvalue weighted by atomic mass is 16.5. The maximum absolute atomic E-state index is 11.4. The van der Waals surface area contributed by atoms with E-state index in [1.165, 1.54) is 13.2 Å². The molecule has 1 amide bonds.